The van der Waals surface area contributed by atoms with Crippen molar-refractivity contribution < 1.29 is 13.2 Å². The lowest BCUT2D eigenvalue weighted by Gasteiger charge is -2.17. The number of hydrogen-bond acceptors (Lipinski definition) is 5. The molecule has 0 aromatic carbocycles. The Bertz CT molecular complexity index is 648. The zero-order valence-corrected chi connectivity index (χ0v) is 14.3. The van der Waals surface area contributed by atoms with E-state index in [0.29, 0.717) is 13.0 Å². The summed E-state index contributed by atoms with van der Waals surface area (Å²) in [6.07, 6.45) is 3.00. The number of aromatic nitrogens is 3. The van der Waals surface area contributed by atoms with Crippen molar-refractivity contribution in [1.29, 1.82) is 0 Å². The van der Waals surface area contributed by atoms with Crippen molar-refractivity contribution in [2.45, 2.75) is 64.3 Å². The molecule has 1 aliphatic heterocycles. The summed E-state index contributed by atoms with van der Waals surface area (Å²) in [4.78, 5) is 11.8. The van der Waals surface area contributed by atoms with Gasteiger partial charge in [-0.25, -0.2) is 18.3 Å². The molecule has 0 bridgehead atoms. The van der Waals surface area contributed by atoms with E-state index in [9.17, 15) is 13.2 Å². The molecule has 22 heavy (non-hydrogen) atoms. The Morgan fingerprint density at radius 2 is 2.14 bits per heavy atom. The maximum atomic E-state index is 12.4. The first-order valence-electron chi connectivity index (χ1n) is 7.69. The quantitative estimate of drug-likeness (QED) is 0.849. The van der Waals surface area contributed by atoms with Crippen LogP contribution in [-0.4, -0.2) is 41.6 Å². The van der Waals surface area contributed by atoms with Crippen LogP contribution in [0.25, 0.3) is 0 Å². The lowest BCUT2D eigenvalue weighted by molar-refractivity contribution is 0.0940. The van der Waals surface area contributed by atoms with Crippen LogP contribution in [0.3, 0.4) is 0 Å². The summed E-state index contributed by atoms with van der Waals surface area (Å²) in [5.41, 5.74) is -0.414. The molecule has 1 saturated heterocycles. The molecule has 1 aromatic rings. The predicted octanol–water partition coefficient (Wildman–Crippen LogP) is 1.35. The van der Waals surface area contributed by atoms with Gasteiger partial charge in [0, 0.05) is 6.61 Å². The Labute approximate surface area is 131 Å². The van der Waals surface area contributed by atoms with E-state index in [1.807, 2.05) is 0 Å². The van der Waals surface area contributed by atoms with Crippen molar-refractivity contribution in [3.8, 4) is 0 Å². The van der Waals surface area contributed by atoms with Gasteiger partial charge < -0.3 is 4.74 Å². The molecule has 8 heteroatoms. The smallest absolute Gasteiger partial charge is 0.344 e. The van der Waals surface area contributed by atoms with Gasteiger partial charge in [-0.15, -0.1) is 5.10 Å². The van der Waals surface area contributed by atoms with E-state index in [2.05, 4.69) is 31.0 Å². The number of H-pyrrole nitrogens is 1. The molecule has 2 heterocycles. The molecular formula is C14H25N3O4S. The molecule has 1 atom stereocenters. The van der Waals surface area contributed by atoms with E-state index in [1.54, 1.807) is 0 Å². The van der Waals surface area contributed by atoms with E-state index in [4.69, 9.17) is 4.74 Å². The third kappa shape index (κ3) is 4.42. The fraction of sp³-hybridized carbons (Fsp3) is 0.857. The van der Waals surface area contributed by atoms with Crippen LogP contribution in [0, 0.1) is 5.41 Å². The van der Waals surface area contributed by atoms with Gasteiger partial charge >= 0.3 is 5.69 Å². The molecule has 1 N–H and O–H groups in total. The van der Waals surface area contributed by atoms with E-state index >= 15 is 0 Å². The average molecular weight is 331 g/mol. The minimum atomic E-state index is -3.57. The normalized spacial score (nSPS) is 19.7. The van der Waals surface area contributed by atoms with Gasteiger partial charge in [0.2, 0.25) is 15.0 Å². The summed E-state index contributed by atoms with van der Waals surface area (Å²) in [7, 11) is -3.57. The van der Waals surface area contributed by atoms with Gasteiger partial charge in [0.15, 0.2) is 0 Å². The second kappa shape index (κ2) is 6.54. The molecule has 0 saturated carbocycles. The Kier molecular flexibility index (Phi) is 5.11. The van der Waals surface area contributed by atoms with E-state index in [0.717, 1.165) is 19.3 Å². The number of ether oxygens (including phenoxy) is 1. The summed E-state index contributed by atoms with van der Waals surface area (Å²) in [6, 6.07) is 0. The van der Waals surface area contributed by atoms with Crippen molar-refractivity contribution in [1.82, 2.24) is 14.8 Å². The largest absolute Gasteiger partial charge is 0.376 e. The number of rotatable bonds is 6. The number of aromatic amines is 1. The van der Waals surface area contributed by atoms with Crippen LogP contribution < -0.4 is 5.69 Å². The minimum absolute atomic E-state index is 0.0000865. The van der Waals surface area contributed by atoms with Crippen LogP contribution in [0.2, 0.25) is 0 Å². The molecule has 1 unspecified atom stereocenters. The summed E-state index contributed by atoms with van der Waals surface area (Å²) in [5.74, 6) is 0.0000865. The highest BCUT2D eigenvalue weighted by Gasteiger charge is 2.26. The van der Waals surface area contributed by atoms with Crippen LogP contribution >= 0.6 is 0 Å². The molecule has 0 aliphatic carbocycles. The first kappa shape index (κ1) is 17.2. The number of nitrogens with one attached hydrogen (secondary N) is 1. The van der Waals surface area contributed by atoms with E-state index in [1.165, 1.54) is 4.57 Å². The Balaban J connectivity index is 2.11. The summed E-state index contributed by atoms with van der Waals surface area (Å²) in [5, 5.41) is 5.81. The van der Waals surface area contributed by atoms with Crippen LogP contribution in [0.15, 0.2) is 9.95 Å². The van der Waals surface area contributed by atoms with Gasteiger partial charge in [-0.1, -0.05) is 20.8 Å². The number of hydrogen-bond donors (Lipinski definition) is 1. The monoisotopic (exact) mass is 331 g/mol. The Morgan fingerprint density at radius 1 is 1.41 bits per heavy atom. The maximum Gasteiger partial charge on any atom is 0.344 e. The lowest BCUT2D eigenvalue weighted by atomic mass is 9.91. The molecule has 1 fully saturated rings. The first-order chi connectivity index (χ1) is 10.2. The molecule has 0 spiro atoms. The maximum absolute atomic E-state index is 12.4. The third-order valence-corrected chi connectivity index (χ3v) is 5.45. The minimum Gasteiger partial charge on any atom is -0.376 e. The summed E-state index contributed by atoms with van der Waals surface area (Å²) in [6.45, 7) is 7.11. The zero-order chi connectivity index (χ0) is 16.4. The second-order valence-corrected chi connectivity index (χ2v) is 9.04. The topological polar surface area (TPSA) is 94.0 Å². The molecule has 7 nitrogen and oxygen atoms in total. The van der Waals surface area contributed by atoms with E-state index in [-0.39, 0.29) is 29.0 Å². The Morgan fingerprint density at radius 3 is 2.73 bits per heavy atom. The highest BCUT2D eigenvalue weighted by molar-refractivity contribution is 7.91. The third-order valence-electron chi connectivity index (χ3n) is 3.75. The van der Waals surface area contributed by atoms with Crippen LogP contribution in [-0.2, 0) is 21.1 Å². The predicted molar refractivity (Wildman–Crippen MR) is 82.6 cm³/mol. The van der Waals surface area contributed by atoms with Crippen molar-refractivity contribution in [2.75, 3.05) is 12.4 Å². The van der Waals surface area contributed by atoms with Crippen LogP contribution in [0.4, 0.5) is 0 Å². The molecule has 2 rings (SSSR count). The van der Waals surface area contributed by atoms with Crippen molar-refractivity contribution >= 4 is 9.84 Å². The van der Waals surface area contributed by atoms with Crippen molar-refractivity contribution in [2.24, 2.45) is 5.41 Å². The van der Waals surface area contributed by atoms with Crippen LogP contribution in [0.1, 0.15) is 46.5 Å². The van der Waals surface area contributed by atoms with Crippen molar-refractivity contribution in [3.63, 3.8) is 0 Å². The highest BCUT2D eigenvalue weighted by atomic mass is 32.2. The first-order valence-corrected chi connectivity index (χ1v) is 9.34. The van der Waals surface area contributed by atoms with Crippen molar-refractivity contribution in [3.05, 3.63) is 10.5 Å². The lowest BCUT2D eigenvalue weighted by Crippen LogP contribution is -2.28. The summed E-state index contributed by atoms with van der Waals surface area (Å²) >= 11 is 0. The van der Waals surface area contributed by atoms with Gasteiger partial charge in [-0.05, 0) is 31.1 Å². The average Bonchev–Trinajstić information content (AvgIpc) is 2.99. The molecule has 1 aromatic heterocycles. The zero-order valence-electron chi connectivity index (χ0n) is 13.5. The standard InChI is InChI=1S/C14H25N3O4S/c1-14(2,3)7-5-9-22(19,20)13-16-15-12(18)17(13)10-11-6-4-8-21-11/h11H,4-10H2,1-3H3,(H,15,18). The van der Waals surface area contributed by atoms with Gasteiger partial charge in [0.25, 0.3) is 0 Å². The summed E-state index contributed by atoms with van der Waals surface area (Å²) < 4.78 is 31.6. The molecule has 126 valence electrons. The second-order valence-electron chi connectivity index (χ2n) is 7.04. The molecule has 0 radical (unpaired) electrons. The van der Waals surface area contributed by atoms with Gasteiger partial charge in [-0.3, -0.25) is 4.57 Å². The Hall–Kier alpha value is -1.15. The fourth-order valence-electron chi connectivity index (χ4n) is 2.58. The fourth-order valence-corrected chi connectivity index (χ4v) is 3.96. The molecule has 0 amide bonds. The van der Waals surface area contributed by atoms with Gasteiger partial charge in [-0.2, -0.15) is 0 Å². The molecular weight excluding hydrogens is 306 g/mol. The SMILES string of the molecule is CC(C)(C)CCCS(=O)(=O)c1n[nH]c(=O)n1CC1CCCO1. The van der Waals surface area contributed by atoms with Crippen LogP contribution in [0.5, 0.6) is 0 Å². The van der Waals surface area contributed by atoms with Gasteiger partial charge in [0.1, 0.15) is 0 Å². The number of nitrogens with zero attached hydrogens (tertiary/aromatic N) is 2. The van der Waals surface area contributed by atoms with E-state index < -0.39 is 15.5 Å². The molecule has 1 aliphatic rings. The van der Waals surface area contributed by atoms with Gasteiger partial charge in [0.05, 0.1) is 18.4 Å². The highest BCUT2D eigenvalue weighted by Crippen LogP contribution is 2.22. The number of sulfone groups is 1.